The number of hydrogen-bond donors (Lipinski definition) is 1. The van der Waals surface area contributed by atoms with Crippen molar-refractivity contribution in [1.29, 1.82) is 0 Å². The van der Waals surface area contributed by atoms with E-state index in [-0.39, 0.29) is 0 Å². The Labute approximate surface area is 139 Å². The number of aromatic nitrogens is 1. The standard InChI is InChI=1S/C16H22BrN3S/c1-4-7-18-12(2)14-5-6-16(19-9-14)20(3)10-13-8-15(17)21-11-13/h5-6,8-9,11-12,18H,4,7,10H2,1-3H3. The largest absolute Gasteiger partial charge is 0.355 e. The highest BCUT2D eigenvalue weighted by molar-refractivity contribution is 9.11. The van der Waals surface area contributed by atoms with Gasteiger partial charge in [0.25, 0.3) is 0 Å². The second kappa shape index (κ2) is 7.92. The molecule has 1 N–H and O–H groups in total. The van der Waals surface area contributed by atoms with Crippen molar-refractivity contribution in [1.82, 2.24) is 10.3 Å². The first-order chi connectivity index (χ1) is 10.1. The Morgan fingerprint density at radius 2 is 2.24 bits per heavy atom. The number of pyridine rings is 1. The van der Waals surface area contributed by atoms with Crippen LogP contribution in [0.2, 0.25) is 0 Å². The third kappa shape index (κ3) is 4.80. The highest BCUT2D eigenvalue weighted by Crippen LogP contribution is 2.23. The topological polar surface area (TPSA) is 28.2 Å². The Bertz CT molecular complexity index is 553. The SMILES string of the molecule is CCCNC(C)c1ccc(N(C)Cc2csc(Br)c2)nc1. The van der Waals surface area contributed by atoms with E-state index in [4.69, 9.17) is 0 Å². The van der Waals surface area contributed by atoms with Crippen molar-refractivity contribution in [3.8, 4) is 0 Å². The Morgan fingerprint density at radius 1 is 1.43 bits per heavy atom. The monoisotopic (exact) mass is 367 g/mol. The molecular weight excluding hydrogens is 346 g/mol. The number of halogens is 1. The quantitative estimate of drug-likeness (QED) is 0.774. The lowest BCUT2D eigenvalue weighted by atomic mass is 10.1. The first-order valence-electron chi connectivity index (χ1n) is 7.23. The molecule has 0 aliphatic heterocycles. The number of nitrogens with zero attached hydrogens (tertiary/aromatic N) is 2. The van der Waals surface area contributed by atoms with Gasteiger partial charge in [-0.25, -0.2) is 4.98 Å². The minimum atomic E-state index is 0.352. The van der Waals surface area contributed by atoms with E-state index in [1.807, 2.05) is 6.20 Å². The summed E-state index contributed by atoms with van der Waals surface area (Å²) in [4.78, 5) is 6.76. The molecule has 0 bridgehead atoms. The van der Waals surface area contributed by atoms with Crippen molar-refractivity contribution < 1.29 is 0 Å². The minimum Gasteiger partial charge on any atom is -0.355 e. The van der Waals surface area contributed by atoms with Gasteiger partial charge in [-0.15, -0.1) is 11.3 Å². The zero-order valence-corrected chi connectivity index (χ0v) is 15.2. The number of thiophene rings is 1. The number of nitrogens with one attached hydrogen (secondary N) is 1. The molecule has 0 aromatic carbocycles. The summed E-state index contributed by atoms with van der Waals surface area (Å²) in [6.45, 7) is 6.27. The van der Waals surface area contributed by atoms with Gasteiger partial charge in [-0.2, -0.15) is 0 Å². The fourth-order valence-corrected chi connectivity index (χ4v) is 3.34. The molecular formula is C16H22BrN3S. The van der Waals surface area contributed by atoms with E-state index in [9.17, 15) is 0 Å². The van der Waals surface area contributed by atoms with Gasteiger partial charge in [-0.3, -0.25) is 0 Å². The average molecular weight is 368 g/mol. The van der Waals surface area contributed by atoms with Gasteiger partial charge in [0.1, 0.15) is 5.82 Å². The van der Waals surface area contributed by atoms with Crippen LogP contribution in [0.15, 0.2) is 33.6 Å². The molecule has 0 saturated heterocycles. The molecule has 2 aromatic rings. The number of rotatable bonds is 7. The van der Waals surface area contributed by atoms with Crippen molar-refractivity contribution in [2.75, 3.05) is 18.5 Å². The van der Waals surface area contributed by atoms with Gasteiger partial charge in [-0.1, -0.05) is 13.0 Å². The molecule has 5 heteroatoms. The smallest absolute Gasteiger partial charge is 0.128 e. The van der Waals surface area contributed by atoms with E-state index in [0.29, 0.717) is 6.04 Å². The molecule has 1 atom stereocenters. The maximum absolute atomic E-state index is 4.59. The van der Waals surface area contributed by atoms with Crippen molar-refractivity contribution in [2.45, 2.75) is 32.9 Å². The maximum Gasteiger partial charge on any atom is 0.128 e. The highest BCUT2D eigenvalue weighted by Gasteiger charge is 2.08. The third-order valence-corrected chi connectivity index (χ3v) is 4.96. The molecule has 2 rings (SSSR count). The molecule has 0 amide bonds. The predicted octanol–water partition coefficient (Wildman–Crippen LogP) is 4.60. The van der Waals surface area contributed by atoms with Crippen LogP contribution < -0.4 is 10.2 Å². The fourth-order valence-electron chi connectivity index (χ4n) is 2.14. The van der Waals surface area contributed by atoms with Crippen LogP contribution >= 0.6 is 27.3 Å². The van der Waals surface area contributed by atoms with Crippen LogP contribution in [-0.4, -0.2) is 18.6 Å². The van der Waals surface area contributed by atoms with E-state index in [1.165, 1.54) is 14.9 Å². The van der Waals surface area contributed by atoms with Crippen LogP contribution in [0.5, 0.6) is 0 Å². The summed E-state index contributed by atoms with van der Waals surface area (Å²) >= 11 is 5.22. The van der Waals surface area contributed by atoms with Gasteiger partial charge in [0.2, 0.25) is 0 Å². The molecule has 2 aromatic heterocycles. The lowest BCUT2D eigenvalue weighted by Crippen LogP contribution is -2.20. The van der Waals surface area contributed by atoms with Gasteiger partial charge in [0.15, 0.2) is 0 Å². The van der Waals surface area contributed by atoms with Crippen LogP contribution in [-0.2, 0) is 6.54 Å². The normalized spacial score (nSPS) is 12.4. The summed E-state index contributed by atoms with van der Waals surface area (Å²) in [7, 11) is 2.08. The van der Waals surface area contributed by atoms with Crippen molar-refractivity contribution >= 4 is 33.1 Å². The van der Waals surface area contributed by atoms with Crippen LogP contribution in [0.3, 0.4) is 0 Å². The molecule has 1 unspecified atom stereocenters. The van der Waals surface area contributed by atoms with Crippen LogP contribution in [0.25, 0.3) is 0 Å². The molecule has 0 spiro atoms. The number of hydrogen-bond acceptors (Lipinski definition) is 4. The second-order valence-electron chi connectivity index (χ2n) is 5.24. The molecule has 0 saturated carbocycles. The lowest BCUT2D eigenvalue weighted by Gasteiger charge is -2.19. The van der Waals surface area contributed by atoms with Gasteiger partial charge < -0.3 is 10.2 Å². The fraction of sp³-hybridized carbons (Fsp3) is 0.438. The summed E-state index contributed by atoms with van der Waals surface area (Å²) in [6, 6.07) is 6.77. The number of anilines is 1. The van der Waals surface area contributed by atoms with E-state index < -0.39 is 0 Å². The Hall–Kier alpha value is -0.910. The summed E-state index contributed by atoms with van der Waals surface area (Å²) < 4.78 is 1.17. The van der Waals surface area contributed by atoms with Crippen molar-refractivity contribution in [3.63, 3.8) is 0 Å². The molecule has 21 heavy (non-hydrogen) atoms. The first kappa shape index (κ1) is 16.5. The van der Waals surface area contributed by atoms with E-state index >= 15 is 0 Å². The predicted molar refractivity (Wildman–Crippen MR) is 95.1 cm³/mol. The average Bonchev–Trinajstić information content (AvgIpc) is 2.90. The first-order valence-corrected chi connectivity index (χ1v) is 8.90. The third-order valence-electron chi connectivity index (χ3n) is 3.40. The van der Waals surface area contributed by atoms with E-state index in [2.05, 4.69) is 75.6 Å². The minimum absolute atomic E-state index is 0.352. The summed E-state index contributed by atoms with van der Waals surface area (Å²) in [5.74, 6) is 1.00. The van der Waals surface area contributed by atoms with Gasteiger partial charge in [0.05, 0.1) is 3.79 Å². The van der Waals surface area contributed by atoms with Gasteiger partial charge in [-0.05, 0) is 64.5 Å². The second-order valence-corrected chi connectivity index (χ2v) is 7.53. The Balaban J connectivity index is 1.97. The van der Waals surface area contributed by atoms with E-state index in [0.717, 1.165) is 25.3 Å². The van der Waals surface area contributed by atoms with Crippen molar-refractivity contribution in [2.24, 2.45) is 0 Å². The van der Waals surface area contributed by atoms with Crippen LogP contribution in [0, 0.1) is 0 Å². The van der Waals surface area contributed by atoms with E-state index in [1.54, 1.807) is 11.3 Å². The molecule has 114 valence electrons. The van der Waals surface area contributed by atoms with Crippen LogP contribution in [0.4, 0.5) is 5.82 Å². The zero-order chi connectivity index (χ0) is 15.2. The van der Waals surface area contributed by atoms with Gasteiger partial charge >= 0.3 is 0 Å². The summed E-state index contributed by atoms with van der Waals surface area (Å²) in [5, 5.41) is 5.65. The van der Waals surface area contributed by atoms with Crippen molar-refractivity contribution in [3.05, 3.63) is 44.7 Å². The van der Waals surface area contributed by atoms with Crippen LogP contribution in [0.1, 0.15) is 37.4 Å². The molecule has 0 aliphatic carbocycles. The highest BCUT2D eigenvalue weighted by atomic mass is 79.9. The summed E-state index contributed by atoms with van der Waals surface area (Å²) in [6.07, 6.45) is 3.12. The maximum atomic E-state index is 4.59. The Morgan fingerprint density at radius 3 is 2.81 bits per heavy atom. The molecule has 0 radical (unpaired) electrons. The lowest BCUT2D eigenvalue weighted by molar-refractivity contribution is 0.569. The summed E-state index contributed by atoms with van der Waals surface area (Å²) in [5.41, 5.74) is 2.54. The van der Waals surface area contributed by atoms with Gasteiger partial charge in [0, 0.05) is 25.8 Å². The molecule has 2 heterocycles. The molecule has 0 fully saturated rings. The zero-order valence-electron chi connectivity index (χ0n) is 12.8. The Kier molecular flexibility index (Phi) is 6.21. The molecule has 0 aliphatic rings. The molecule has 3 nitrogen and oxygen atoms in total.